The van der Waals surface area contributed by atoms with Gasteiger partial charge in [0.1, 0.15) is 23.4 Å². The lowest BCUT2D eigenvalue weighted by molar-refractivity contribution is -0.153. The van der Waals surface area contributed by atoms with Crippen molar-refractivity contribution in [2.24, 2.45) is 10.8 Å². The minimum Gasteiger partial charge on any atom is -0.389 e. The van der Waals surface area contributed by atoms with E-state index in [4.69, 9.17) is 0 Å². The fourth-order valence-electron chi connectivity index (χ4n) is 3.06. The van der Waals surface area contributed by atoms with Gasteiger partial charge in [-0.05, 0) is 0 Å². The molecular formula is C12H22O6. The summed E-state index contributed by atoms with van der Waals surface area (Å²) in [5.41, 5.74) is -5.68. The average molecular weight is 262 g/mol. The predicted molar refractivity (Wildman–Crippen MR) is 61.5 cm³/mol. The van der Waals surface area contributed by atoms with E-state index in [1.54, 1.807) is 27.7 Å². The van der Waals surface area contributed by atoms with Gasteiger partial charge in [0.2, 0.25) is 0 Å². The van der Waals surface area contributed by atoms with Crippen molar-refractivity contribution in [2.45, 2.75) is 63.3 Å². The molecule has 106 valence electrons. The molecule has 2 aliphatic rings. The van der Waals surface area contributed by atoms with Crippen LogP contribution in [-0.4, -0.2) is 66.3 Å². The fourth-order valence-corrected chi connectivity index (χ4v) is 3.06. The first kappa shape index (κ1) is 14.2. The third kappa shape index (κ3) is 1.19. The van der Waals surface area contributed by atoms with Crippen LogP contribution in [-0.2, 0) is 0 Å². The maximum atomic E-state index is 10.2. The highest BCUT2D eigenvalue weighted by Crippen LogP contribution is 2.63. The Balaban J connectivity index is 2.21. The predicted octanol–water partition coefficient (Wildman–Crippen LogP) is -2.03. The molecule has 0 bridgehead atoms. The van der Waals surface area contributed by atoms with Gasteiger partial charge < -0.3 is 30.6 Å². The highest BCUT2D eigenvalue weighted by atomic mass is 16.4. The van der Waals surface area contributed by atoms with Crippen molar-refractivity contribution in [1.82, 2.24) is 0 Å². The summed E-state index contributed by atoms with van der Waals surface area (Å²) in [7, 11) is 0. The zero-order valence-corrected chi connectivity index (χ0v) is 11.0. The van der Waals surface area contributed by atoms with Gasteiger partial charge in [-0.1, -0.05) is 27.7 Å². The summed E-state index contributed by atoms with van der Waals surface area (Å²) in [6, 6.07) is 0. The van der Waals surface area contributed by atoms with E-state index in [1.807, 2.05) is 0 Å². The molecule has 0 aliphatic heterocycles. The SMILES string of the molecule is CC1(C)C(O)[C@@]1(O)[C@@H](O)[C@H](O)[C@]1(O)C(O)C1(C)C. The Kier molecular flexibility index (Phi) is 2.56. The van der Waals surface area contributed by atoms with Crippen LogP contribution in [0.25, 0.3) is 0 Å². The molecule has 6 nitrogen and oxygen atoms in total. The minimum absolute atomic E-state index is 0.965. The van der Waals surface area contributed by atoms with Crippen LogP contribution in [0.3, 0.4) is 0 Å². The summed E-state index contributed by atoms with van der Waals surface area (Å²) in [5, 5.41) is 59.7. The molecule has 2 saturated carbocycles. The minimum atomic E-state index is -1.87. The maximum absolute atomic E-state index is 10.2. The number of aliphatic hydroxyl groups is 6. The van der Waals surface area contributed by atoms with Crippen LogP contribution in [0.15, 0.2) is 0 Å². The quantitative estimate of drug-likeness (QED) is 0.349. The van der Waals surface area contributed by atoms with Gasteiger partial charge in [-0.3, -0.25) is 0 Å². The molecular weight excluding hydrogens is 240 g/mol. The normalized spacial score (nSPS) is 51.7. The second-order valence-corrected chi connectivity index (χ2v) is 6.79. The third-order valence-electron chi connectivity index (χ3n) is 5.30. The van der Waals surface area contributed by atoms with E-state index in [0.717, 1.165) is 0 Å². The van der Waals surface area contributed by atoms with Gasteiger partial charge >= 0.3 is 0 Å². The Morgan fingerprint density at radius 2 is 0.889 bits per heavy atom. The second-order valence-electron chi connectivity index (χ2n) is 6.79. The molecule has 18 heavy (non-hydrogen) atoms. The summed E-state index contributed by atoms with van der Waals surface area (Å²) >= 11 is 0. The Hall–Kier alpha value is -0.240. The van der Waals surface area contributed by atoms with E-state index in [1.165, 1.54) is 0 Å². The summed E-state index contributed by atoms with van der Waals surface area (Å²) in [4.78, 5) is 0. The van der Waals surface area contributed by atoms with Crippen molar-refractivity contribution in [2.75, 3.05) is 0 Å². The first-order valence-corrected chi connectivity index (χ1v) is 6.05. The third-order valence-corrected chi connectivity index (χ3v) is 5.30. The zero-order valence-electron chi connectivity index (χ0n) is 11.0. The number of hydrogen-bond acceptors (Lipinski definition) is 6. The molecule has 2 unspecified atom stereocenters. The smallest absolute Gasteiger partial charge is 0.127 e. The number of hydrogen-bond donors (Lipinski definition) is 6. The van der Waals surface area contributed by atoms with Crippen LogP contribution in [0.1, 0.15) is 27.7 Å². The number of aliphatic hydroxyl groups excluding tert-OH is 4. The van der Waals surface area contributed by atoms with Crippen LogP contribution in [0.4, 0.5) is 0 Å². The molecule has 0 spiro atoms. The second kappa shape index (κ2) is 3.26. The molecule has 0 amide bonds. The molecule has 6 N–H and O–H groups in total. The Bertz CT molecular complexity index is 345. The Labute approximate surface area is 106 Å². The largest absolute Gasteiger partial charge is 0.389 e. The molecule has 0 aromatic carbocycles. The van der Waals surface area contributed by atoms with Crippen LogP contribution in [0.2, 0.25) is 0 Å². The topological polar surface area (TPSA) is 121 Å². The van der Waals surface area contributed by atoms with Crippen molar-refractivity contribution < 1.29 is 30.6 Å². The van der Waals surface area contributed by atoms with Crippen LogP contribution in [0, 0.1) is 10.8 Å². The van der Waals surface area contributed by atoms with Crippen molar-refractivity contribution in [1.29, 1.82) is 0 Å². The van der Waals surface area contributed by atoms with E-state index in [0.29, 0.717) is 0 Å². The van der Waals surface area contributed by atoms with E-state index in [2.05, 4.69) is 0 Å². The maximum Gasteiger partial charge on any atom is 0.127 e. The van der Waals surface area contributed by atoms with E-state index >= 15 is 0 Å². The average Bonchev–Trinajstić information content (AvgIpc) is 2.88. The monoisotopic (exact) mass is 262 g/mol. The lowest BCUT2D eigenvalue weighted by Crippen LogP contribution is -2.52. The molecule has 0 saturated heterocycles. The summed E-state index contributed by atoms with van der Waals surface area (Å²) in [6.45, 7) is 6.19. The van der Waals surface area contributed by atoms with Gasteiger partial charge in [0, 0.05) is 10.8 Å². The van der Waals surface area contributed by atoms with E-state index in [-0.39, 0.29) is 0 Å². The molecule has 0 aromatic rings. The van der Waals surface area contributed by atoms with Crippen molar-refractivity contribution >= 4 is 0 Å². The Morgan fingerprint density at radius 1 is 0.722 bits per heavy atom. The lowest BCUT2D eigenvalue weighted by Gasteiger charge is -2.30. The van der Waals surface area contributed by atoms with E-state index in [9.17, 15) is 30.6 Å². The van der Waals surface area contributed by atoms with Gasteiger partial charge in [-0.25, -0.2) is 0 Å². The van der Waals surface area contributed by atoms with Crippen molar-refractivity contribution in [3.05, 3.63) is 0 Å². The van der Waals surface area contributed by atoms with Gasteiger partial charge in [0.15, 0.2) is 0 Å². The molecule has 2 rings (SSSR count). The van der Waals surface area contributed by atoms with Crippen molar-refractivity contribution in [3.63, 3.8) is 0 Å². The van der Waals surface area contributed by atoms with Crippen LogP contribution >= 0.6 is 0 Å². The highest BCUT2D eigenvalue weighted by Gasteiger charge is 2.81. The van der Waals surface area contributed by atoms with Crippen LogP contribution in [0.5, 0.6) is 0 Å². The first-order chi connectivity index (χ1) is 7.87. The van der Waals surface area contributed by atoms with Gasteiger partial charge in [-0.15, -0.1) is 0 Å². The lowest BCUT2D eigenvalue weighted by atomic mass is 9.91. The molecule has 6 heteroatoms. The van der Waals surface area contributed by atoms with Gasteiger partial charge in [0.05, 0.1) is 12.2 Å². The highest BCUT2D eigenvalue weighted by molar-refractivity contribution is 5.31. The Morgan fingerprint density at radius 3 is 1.00 bits per heavy atom. The molecule has 2 fully saturated rings. The molecule has 0 aromatic heterocycles. The first-order valence-electron chi connectivity index (χ1n) is 6.05. The summed E-state index contributed by atoms with van der Waals surface area (Å²) in [5.74, 6) is 0. The molecule has 0 radical (unpaired) electrons. The van der Waals surface area contributed by atoms with Crippen molar-refractivity contribution in [3.8, 4) is 0 Å². The fraction of sp³-hybridized carbons (Fsp3) is 1.00. The van der Waals surface area contributed by atoms with E-state index < -0.39 is 46.4 Å². The molecule has 2 aliphatic carbocycles. The van der Waals surface area contributed by atoms with Crippen LogP contribution < -0.4 is 0 Å². The number of rotatable bonds is 3. The van der Waals surface area contributed by atoms with Gasteiger partial charge in [-0.2, -0.15) is 0 Å². The van der Waals surface area contributed by atoms with Gasteiger partial charge in [0.25, 0.3) is 0 Å². The molecule has 0 heterocycles. The molecule has 6 atom stereocenters. The summed E-state index contributed by atoms with van der Waals surface area (Å²) in [6.07, 6.45) is -5.83. The summed E-state index contributed by atoms with van der Waals surface area (Å²) < 4.78 is 0. The zero-order chi connectivity index (χ0) is 14.3. The standard InChI is InChI=1S/C12H22O6/c1-9(2)7(15)11(9,17)5(13)6(14)12(18)8(16)10(12,3)4/h5-8,13-18H,1-4H3/t5-,6-,7?,8?,11-,12-/m0/s1.